The van der Waals surface area contributed by atoms with Crippen molar-refractivity contribution in [2.75, 3.05) is 14.2 Å². The maximum absolute atomic E-state index is 12.7. The minimum atomic E-state index is -1.40. The van der Waals surface area contributed by atoms with E-state index in [1.54, 1.807) is 12.1 Å². The fourth-order valence-corrected chi connectivity index (χ4v) is 2.07. The average molecular weight is 344 g/mol. The van der Waals surface area contributed by atoms with Crippen molar-refractivity contribution in [3.8, 4) is 0 Å². The molecule has 25 heavy (non-hydrogen) atoms. The number of ketones is 1. The van der Waals surface area contributed by atoms with Crippen LogP contribution in [0.5, 0.6) is 0 Å². The Morgan fingerprint density at radius 2 is 1.12 bits per heavy atom. The molecule has 0 saturated heterocycles. The van der Waals surface area contributed by atoms with Crippen LogP contribution in [0.1, 0.15) is 56.5 Å². The first-order chi connectivity index (χ1) is 12.1. The lowest BCUT2D eigenvalue weighted by molar-refractivity contribution is -0.176. The Balaban J connectivity index is 0.000000844. The highest BCUT2D eigenvalue weighted by Crippen LogP contribution is 2.30. The Kier molecular flexibility index (Phi) is 12.3. The zero-order chi connectivity index (χ0) is 19.1. The highest BCUT2D eigenvalue weighted by Gasteiger charge is 2.41. The second-order valence-electron chi connectivity index (χ2n) is 5.50. The molecule has 0 saturated carbocycles. The molecule has 0 amide bonds. The molecule has 3 heteroatoms. The van der Waals surface area contributed by atoms with Gasteiger partial charge in [0.25, 0.3) is 5.79 Å². The summed E-state index contributed by atoms with van der Waals surface area (Å²) in [6, 6.07) is 18.2. The third-order valence-corrected chi connectivity index (χ3v) is 3.06. The molecular weight excluding hydrogens is 312 g/mol. The minimum Gasteiger partial charge on any atom is -0.343 e. The molecule has 0 aliphatic rings. The summed E-state index contributed by atoms with van der Waals surface area (Å²) in [6.07, 6.45) is 2.50. The van der Waals surface area contributed by atoms with Crippen LogP contribution in [-0.4, -0.2) is 20.0 Å². The number of carbonyl (C=O) groups is 1. The number of hydrogen-bond donors (Lipinski definition) is 0. The van der Waals surface area contributed by atoms with E-state index >= 15 is 0 Å². The van der Waals surface area contributed by atoms with Gasteiger partial charge in [0.1, 0.15) is 0 Å². The van der Waals surface area contributed by atoms with Crippen molar-refractivity contribution in [3.05, 3.63) is 71.8 Å². The van der Waals surface area contributed by atoms with Gasteiger partial charge in [-0.15, -0.1) is 0 Å². The molecule has 138 valence electrons. The molecule has 0 aromatic heterocycles. The van der Waals surface area contributed by atoms with Gasteiger partial charge in [0.15, 0.2) is 0 Å². The molecule has 0 N–H and O–H groups in total. The molecule has 0 bridgehead atoms. The highest BCUT2D eigenvalue weighted by molar-refractivity contribution is 6.02. The van der Waals surface area contributed by atoms with Gasteiger partial charge in [0, 0.05) is 25.3 Å². The predicted octanol–water partition coefficient (Wildman–Crippen LogP) is 5.85. The smallest absolute Gasteiger partial charge is 0.260 e. The van der Waals surface area contributed by atoms with Gasteiger partial charge in [-0.3, -0.25) is 4.79 Å². The van der Waals surface area contributed by atoms with E-state index in [1.165, 1.54) is 27.1 Å². The lowest BCUT2D eigenvalue weighted by Gasteiger charge is -2.29. The Morgan fingerprint density at radius 3 is 1.48 bits per heavy atom. The Morgan fingerprint density at radius 1 is 0.760 bits per heavy atom. The number of rotatable bonds is 5. The van der Waals surface area contributed by atoms with Crippen molar-refractivity contribution in [2.45, 2.75) is 46.3 Å². The minimum absolute atomic E-state index is 0.218. The van der Waals surface area contributed by atoms with Crippen LogP contribution in [0, 0.1) is 0 Å². The molecular formula is C22H32O3. The van der Waals surface area contributed by atoms with Crippen molar-refractivity contribution in [3.63, 3.8) is 0 Å². The summed E-state index contributed by atoms with van der Waals surface area (Å²) in [4.78, 5) is 12.7. The fourth-order valence-electron chi connectivity index (χ4n) is 2.07. The van der Waals surface area contributed by atoms with Crippen molar-refractivity contribution < 1.29 is 14.3 Å². The molecule has 0 unspecified atom stereocenters. The number of benzene rings is 2. The summed E-state index contributed by atoms with van der Waals surface area (Å²) in [5.41, 5.74) is 1.23. The Hall–Kier alpha value is -1.97. The molecule has 0 fully saturated rings. The highest BCUT2D eigenvalue weighted by atomic mass is 16.7. The largest absolute Gasteiger partial charge is 0.343 e. The summed E-state index contributed by atoms with van der Waals surface area (Å²) in [5.74, 6) is -1.62. The fraction of sp³-hybridized carbons (Fsp3) is 0.409. The van der Waals surface area contributed by atoms with Crippen LogP contribution in [0.4, 0.5) is 0 Å². The van der Waals surface area contributed by atoms with Gasteiger partial charge < -0.3 is 9.47 Å². The average Bonchev–Trinajstić information content (AvgIpc) is 2.66. The molecule has 0 atom stereocenters. The number of carbonyl (C=O) groups excluding carboxylic acids is 1. The van der Waals surface area contributed by atoms with Gasteiger partial charge in [-0.05, 0) is 0 Å². The maximum Gasteiger partial charge on any atom is 0.260 e. The third kappa shape index (κ3) is 6.81. The zero-order valence-corrected chi connectivity index (χ0v) is 16.4. The first-order valence-electron chi connectivity index (χ1n) is 8.83. The van der Waals surface area contributed by atoms with Crippen LogP contribution in [-0.2, 0) is 15.3 Å². The third-order valence-electron chi connectivity index (χ3n) is 3.06. The second-order valence-corrected chi connectivity index (χ2v) is 5.50. The van der Waals surface area contributed by atoms with Gasteiger partial charge in [-0.2, -0.15) is 0 Å². The van der Waals surface area contributed by atoms with E-state index in [1.807, 2.05) is 48.5 Å². The quantitative estimate of drug-likeness (QED) is 0.504. The van der Waals surface area contributed by atoms with Crippen molar-refractivity contribution in [1.29, 1.82) is 0 Å². The molecule has 0 aliphatic carbocycles. The first kappa shape index (κ1) is 23.0. The second kappa shape index (κ2) is 13.3. The molecule has 2 rings (SSSR count). The summed E-state index contributed by atoms with van der Waals surface area (Å²) in [5, 5.41) is 0. The number of Topliss-reactive ketones (excluding diaryl/α,β-unsaturated/α-hetero) is 1. The molecule has 0 radical (unpaired) electrons. The van der Waals surface area contributed by atoms with E-state index in [4.69, 9.17) is 9.47 Å². The standard InChI is InChI=1S/C16H16O3.2C3H8/c1-18-16(19-2,14-11-7-4-8-12-14)15(17)13-9-5-3-6-10-13;2*1-3-2/h3-12H,1-2H3;2*3H2,1-2H3. The van der Waals surface area contributed by atoms with Crippen molar-refractivity contribution >= 4 is 5.78 Å². The van der Waals surface area contributed by atoms with Crippen LogP contribution >= 0.6 is 0 Å². The van der Waals surface area contributed by atoms with E-state index in [2.05, 4.69) is 27.7 Å². The van der Waals surface area contributed by atoms with E-state index in [0.717, 1.165) is 0 Å². The molecule has 2 aromatic rings. The number of hydrogen-bond acceptors (Lipinski definition) is 3. The number of ether oxygens (including phenoxy) is 2. The SMILES string of the molecule is CCC.CCC.COC(OC)(C(=O)c1ccccc1)c1ccccc1. The molecule has 0 spiro atoms. The Bertz CT molecular complexity index is 558. The maximum atomic E-state index is 12.7. The molecule has 0 aliphatic heterocycles. The van der Waals surface area contributed by atoms with Gasteiger partial charge in [-0.1, -0.05) is 101 Å². The van der Waals surface area contributed by atoms with Gasteiger partial charge in [0.2, 0.25) is 5.78 Å². The zero-order valence-electron chi connectivity index (χ0n) is 16.4. The van der Waals surface area contributed by atoms with Crippen LogP contribution in [0.3, 0.4) is 0 Å². The first-order valence-corrected chi connectivity index (χ1v) is 8.83. The van der Waals surface area contributed by atoms with Crippen LogP contribution in [0.2, 0.25) is 0 Å². The summed E-state index contributed by atoms with van der Waals surface area (Å²) >= 11 is 0. The van der Waals surface area contributed by atoms with E-state index in [9.17, 15) is 4.79 Å². The monoisotopic (exact) mass is 344 g/mol. The molecule has 2 aromatic carbocycles. The lowest BCUT2D eigenvalue weighted by atomic mass is 9.96. The van der Waals surface area contributed by atoms with Crippen molar-refractivity contribution in [1.82, 2.24) is 0 Å². The molecule has 3 nitrogen and oxygen atoms in total. The summed E-state index contributed by atoms with van der Waals surface area (Å²) < 4.78 is 10.8. The lowest BCUT2D eigenvalue weighted by Crippen LogP contribution is -2.39. The van der Waals surface area contributed by atoms with Crippen molar-refractivity contribution in [2.24, 2.45) is 0 Å². The number of methoxy groups -OCH3 is 2. The normalized spacial score (nSPS) is 10.0. The summed E-state index contributed by atoms with van der Waals surface area (Å²) in [7, 11) is 2.94. The summed E-state index contributed by atoms with van der Waals surface area (Å²) in [6.45, 7) is 8.50. The Labute approximate surface area is 153 Å². The van der Waals surface area contributed by atoms with Crippen LogP contribution in [0.25, 0.3) is 0 Å². The van der Waals surface area contributed by atoms with Crippen LogP contribution < -0.4 is 0 Å². The van der Waals surface area contributed by atoms with Gasteiger partial charge in [-0.25, -0.2) is 0 Å². The van der Waals surface area contributed by atoms with E-state index < -0.39 is 5.79 Å². The predicted molar refractivity (Wildman–Crippen MR) is 105 cm³/mol. The van der Waals surface area contributed by atoms with Gasteiger partial charge in [0.05, 0.1) is 0 Å². The van der Waals surface area contributed by atoms with Crippen LogP contribution in [0.15, 0.2) is 60.7 Å². The van der Waals surface area contributed by atoms with E-state index in [-0.39, 0.29) is 5.78 Å². The van der Waals surface area contributed by atoms with Gasteiger partial charge >= 0.3 is 0 Å². The molecule has 0 heterocycles. The van der Waals surface area contributed by atoms with E-state index in [0.29, 0.717) is 11.1 Å². The topological polar surface area (TPSA) is 35.5 Å².